The summed E-state index contributed by atoms with van der Waals surface area (Å²) in [6.45, 7) is 3.87. The first-order valence-electron chi connectivity index (χ1n) is 14.2. The molecule has 4 aromatic rings. The first-order valence-corrected chi connectivity index (χ1v) is 16.5. The van der Waals surface area contributed by atoms with Crippen molar-refractivity contribution in [2.24, 2.45) is 5.92 Å². The zero-order valence-electron chi connectivity index (χ0n) is 24.6. The van der Waals surface area contributed by atoms with Crippen LogP contribution in [0.25, 0.3) is 0 Å². The summed E-state index contributed by atoms with van der Waals surface area (Å²) in [5, 5.41) is 2.97. The monoisotopic (exact) mass is 679 g/mol. The van der Waals surface area contributed by atoms with Crippen LogP contribution in [0.5, 0.6) is 0 Å². The molecular formula is C34H35BrFN3O4S. The van der Waals surface area contributed by atoms with Crippen molar-refractivity contribution in [2.75, 3.05) is 17.4 Å². The van der Waals surface area contributed by atoms with E-state index in [0.29, 0.717) is 6.54 Å². The molecule has 44 heavy (non-hydrogen) atoms. The third-order valence-electron chi connectivity index (χ3n) is 6.95. The lowest BCUT2D eigenvalue weighted by Gasteiger charge is -2.34. The van der Waals surface area contributed by atoms with E-state index in [2.05, 4.69) is 21.2 Å². The SMILES string of the molecule is CC(C)CNC(=O)[C@@H](Cc1ccccc1)N(Cc1ccc(Br)cc1)C(=O)CN(c1ccccc1)S(=O)(=O)c1ccc(F)cc1. The van der Waals surface area contributed by atoms with Gasteiger partial charge in [0.05, 0.1) is 10.6 Å². The number of carbonyl (C=O) groups is 2. The summed E-state index contributed by atoms with van der Waals surface area (Å²) in [6, 6.07) is 28.6. The van der Waals surface area contributed by atoms with Gasteiger partial charge in [-0.25, -0.2) is 12.8 Å². The predicted molar refractivity (Wildman–Crippen MR) is 174 cm³/mol. The summed E-state index contributed by atoms with van der Waals surface area (Å²) < 4.78 is 43.4. The van der Waals surface area contributed by atoms with Crippen molar-refractivity contribution in [2.45, 2.75) is 37.8 Å². The molecule has 0 bridgehead atoms. The van der Waals surface area contributed by atoms with Gasteiger partial charge in [0.2, 0.25) is 11.8 Å². The van der Waals surface area contributed by atoms with Crippen LogP contribution in [-0.4, -0.2) is 44.3 Å². The number of halogens is 2. The highest BCUT2D eigenvalue weighted by Crippen LogP contribution is 2.25. The number of benzene rings is 4. The summed E-state index contributed by atoms with van der Waals surface area (Å²) in [4.78, 5) is 29.4. The average molecular weight is 681 g/mol. The quantitative estimate of drug-likeness (QED) is 0.182. The maximum atomic E-state index is 14.4. The Morgan fingerprint density at radius 2 is 1.41 bits per heavy atom. The molecule has 1 atom stereocenters. The molecule has 0 radical (unpaired) electrons. The smallest absolute Gasteiger partial charge is 0.264 e. The summed E-state index contributed by atoms with van der Waals surface area (Å²) in [7, 11) is -4.29. The molecule has 0 fully saturated rings. The number of sulfonamides is 1. The fraction of sp³-hybridized carbons (Fsp3) is 0.235. The molecule has 4 aromatic carbocycles. The summed E-state index contributed by atoms with van der Waals surface area (Å²) >= 11 is 3.44. The van der Waals surface area contributed by atoms with Gasteiger partial charge in [-0.1, -0.05) is 90.4 Å². The Morgan fingerprint density at radius 3 is 2.00 bits per heavy atom. The molecule has 7 nitrogen and oxygen atoms in total. The highest BCUT2D eigenvalue weighted by Gasteiger charge is 2.34. The molecule has 0 aliphatic carbocycles. The second-order valence-corrected chi connectivity index (χ2v) is 13.6. The van der Waals surface area contributed by atoms with Crippen molar-refractivity contribution in [3.05, 3.63) is 131 Å². The standard InChI is InChI=1S/C34H35BrFN3O4S/c1-25(2)22-37-34(41)32(21-26-9-5-3-6-10-26)38(23-27-13-15-28(35)16-14-27)33(40)24-39(30-11-7-4-8-12-30)44(42,43)31-19-17-29(36)18-20-31/h3-20,25,32H,21-24H2,1-2H3,(H,37,41)/t32-/m1/s1. The third-order valence-corrected chi connectivity index (χ3v) is 9.26. The number of amides is 2. The normalized spacial score (nSPS) is 12.0. The van der Waals surface area contributed by atoms with Crippen molar-refractivity contribution >= 4 is 43.5 Å². The number of rotatable bonds is 13. The van der Waals surface area contributed by atoms with E-state index >= 15 is 0 Å². The highest BCUT2D eigenvalue weighted by atomic mass is 79.9. The van der Waals surface area contributed by atoms with Crippen molar-refractivity contribution in [3.63, 3.8) is 0 Å². The van der Waals surface area contributed by atoms with E-state index in [1.807, 2.05) is 68.4 Å². The fourth-order valence-corrected chi connectivity index (χ4v) is 6.30. The van der Waals surface area contributed by atoms with Gasteiger partial charge in [0.25, 0.3) is 10.0 Å². The largest absolute Gasteiger partial charge is 0.354 e. The predicted octanol–water partition coefficient (Wildman–Crippen LogP) is 6.20. The van der Waals surface area contributed by atoms with Gasteiger partial charge in [-0.15, -0.1) is 0 Å². The van der Waals surface area contributed by atoms with Crippen LogP contribution in [0.4, 0.5) is 10.1 Å². The molecule has 2 amide bonds. The van der Waals surface area contributed by atoms with Crippen molar-refractivity contribution in [1.29, 1.82) is 0 Å². The van der Waals surface area contributed by atoms with E-state index in [-0.39, 0.29) is 35.4 Å². The Morgan fingerprint density at radius 1 is 0.818 bits per heavy atom. The molecule has 0 spiro atoms. The van der Waals surface area contributed by atoms with E-state index in [1.165, 1.54) is 17.0 Å². The van der Waals surface area contributed by atoms with Crippen molar-refractivity contribution in [1.82, 2.24) is 10.2 Å². The average Bonchev–Trinajstić information content (AvgIpc) is 3.02. The van der Waals surface area contributed by atoms with Crippen LogP contribution in [0.1, 0.15) is 25.0 Å². The lowest BCUT2D eigenvalue weighted by Crippen LogP contribution is -2.53. The van der Waals surface area contributed by atoms with Gasteiger partial charge in [0, 0.05) is 24.0 Å². The van der Waals surface area contributed by atoms with Crippen LogP contribution in [0.3, 0.4) is 0 Å². The number of nitrogens with zero attached hydrogens (tertiary/aromatic N) is 2. The first kappa shape index (κ1) is 32.9. The van der Waals surface area contributed by atoms with Crippen LogP contribution in [0.2, 0.25) is 0 Å². The van der Waals surface area contributed by atoms with Crippen LogP contribution < -0.4 is 9.62 Å². The summed E-state index contributed by atoms with van der Waals surface area (Å²) in [5.41, 5.74) is 1.88. The molecule has 1 N–H and O–H groups in total. The van der Waals surface area contributed by atoms with Gasteiger partial charge >= 0.3 is 0 Å². The molecule has 4 rings (SSSR count). The fourth-order valence-electron chi connectivity index (χ4n) is 4.62. The van der Waals surface area contributed by atoms with Crippen LogP contribution >= 0.6 is 15.9 Å². The minimum atomic E-state index is -4.29. The molecule has 0 aliphatic heterocycles. The van der Waals surface area contributed by atoms with Gasteiger partial charge in [0.1, 0.15) is 18.4 Å². The molecule has 10 heteroatoms. The van der Waals surface area contributed by atoms with Crippen molar-refractivity contribution < 1.29 is 22.4 Å². The molecule has 0 saturated carbocycles. The Balaban J connectivity index is 1.77. The lowest BCUT2D eigenvalue weighted by atomic mass is 10.0. The summed E-state index contributed by atoms with van der Waals surface area (Å²) in [5.74, 6) is -1.30. The maximum Gasteiger partial charge on any atom is 0.264 e. The zero-order chi connectivity index (χ0) is 31.7. The number of carbonyl (C=O) groups excluding carboxylic acids is 2. The number of anilines is 1. The molecular weight excluding hydrogens is 645 g/mol. The Kier molecular flexibility index (Phi) is 11.3. The van der Waals surface area contributed by atoms with E-state index in [0.717, 1.165) is 32.0 Å². The first-order chi connectivity index (χ1) is 21.0. The minimum Gasteiger partial charge on any atom is -0.354 e. The second-order valence-electron chi connectivity index (χ2n) is 10.8. The Labute approximate surface area is 266 Å². The molecule has 0 heterocycles. The van der Waals surface area contributed by atoms with E-state index in [9.17, 15) is 22.4 Å². The number of hydrogen-bond acceptors (Lipinski definition) is 4. The van der Waals surface area contributed by atoms with E-state index < -0.39 is 34.3 Å². The topological polar surface area (TPSA) is 86.8 Å². The Bertz CT molecular complexity index is 1640. The van der Waals surface area contributed by atoms with Crippen LogP contribution in [0, 0.1) is 11.7 Å². The van der Waals surface area contributed by atoms with Gasteiger partial charge in [0.15, 0.2) is 0 Å². The van der Waals surface area contributed by atoms with E-state index in [1.54, 1.807) is 30.3 Å². The molecule has 230 valence electrons. The van der Waals surface area contributed by atoms with Crippen LogP contribution in [0.15, 0.2) is 119 Å². The molecule has 0 aliphatic rings. The van der Waals surface area contributed by atoms with Gasteiger partial charge < -0.3 is 10.2 Å². The summed E-state index contributed by atoms with van der Waals surface area (Å²) in [6.07, 6.45) is 0.225. The van der Waals surface area contributed by atoms with Gasteiger partial charge in [-0.3, -0.25) is 13.9 Å². The number of nitrogens with one attached hydrogen (secondary N) is 1. The Hall–Kier alpha value is -4.02. The molecule has 0 aromatic heterocycles. The third kappa shape index (κ3) is 8.76. The van der Waals surface area contributed by atoms with E-state index in [4.69, 9.17) is 0 Å². The van der Waals surface area contributed by atoms with Crippen molar-refractivity contribution in [3.8, 4) is 0 Å². The highest BCUT2D eigenvalue weighted by molar-refractivity contribution is 9.10. The maximum absolute atomic E-state index is 14.4. The minimum absolute atomic E-state index is 0.0674. The number of hydrogen-bond donors (Lipinski definition) is 1. The molecule has 0 unspecified atom stereocenters. The van der Waals surface area contributed by atoms with Crippen LogP contribution in [-0.2, 0) is 32.6 Å². The zero-order valence-corrected chi connectivity index (χ0v) is 27.0. The lowest BCUT2D eigenvalue weighted by molar-refractivity contribution is -0.140. The number of para-hydroxylation sites is 1. The molecule has 0 saturated heterocycles. The second kappa shape index (κ2) is 15.1. The van der Waals surface area contributed by atoms with Gasteiger partial charge in [-0.2, -0.15) is 0 Å². The van der Waals surface area contributed by atoms with Gasteiger partial charge in [-0.05, 0) is 65.6 Å².